The third-order valence-electron chi connectivity index (χ3n) is 11.6. The Bertz CT molecular complexity index is 898. The van der Waals surface area contributed by atoms with Crippen LogP contribution in [-0.2, 0) is 14.6 Å². The molecular weight excluding hydrogens is 500 g/mol. The van der Waals surface area contributed by atoms with Gasteiger partial charge in [0, 0.05) is 5.92 Å². The van der Waals surface area contributed by atoms with Crippen LogP contribution in [0.15, 0.2) is 0 Å². The minimum Gasteiger partial charge on any atom is -0.396 e. The zero-order valence-electron chi connectivity index (χ0n) is 22.4. The lowest BCUT2D eigenvalue weighted by atomic mass is 9.43. The van der Waals surface area contributed by atoms with Gasteiger partial charge in [-0.15, -0.1) is 0 Å². The molecule has 216 valence electrons. The molecule has 13 atom stereocenters. The van der Waals surface area contributed by atoms with Crippen molar-refractivity contribution in [3.63, 3.8) is 0 Å². The van der Waals surface area contributed by atoms with Crippen molar-refractivity contribution in [1.29, 1.82) is 0 Å². The van der Waals surface area contributed by atoms with Gasteiger partial charge in [0.1, 0.15) is 0 Å². The molecule has 0 aromatic carbocycles. The first-order chi connectivity index (χ1) is 17.2. The molecule has 4 aliphatic rings. The van der Waals surface area contributed by atoms with Gasteiger partial charge in [-0.1, -0.05) is 20.8 Å². The lowest BCUT2D eigenvalue weighted by molar-refractivity contribution is -0.207. The summed E-state index contributed by atoms with van der Waals surface area (Å²) < 4.78 is 34.9. The predicted molar refractivity (Wildman–Crippen MR) is 136 cm³/mol. The maximum absolute atomic E-state index is 11.7. The highest BCUT2D eigenvalue weighted by Gasteiger charge is 2.65. The fourth-order valence-electron chi connectivity index (χ4n) is 9.46. The number of aliphatic hydroxyl groups excluding tert-OH is 5. The number of fused-ring (bicyclic) bond motifs is 5. The predicted octanol–water partition coefficient (Wildman–Crippen LogP) is 2.15. The summed E-state index contributed by atoms with van der Waals surface area (Å²) in [6.07, 6.45) is 4.54. The first-order valence-electron chi connectivity index (χ1n) is 14.2. The molecule has 4 saturated carbocycles. The molecule has 1 unspecified atom stereocenters. The second kappa shape index (κ2) is 10.9. The van der Waals surface area contributed by atoms with Crippen molar-refractivity contribution in [2.24, 2.45) is 52.3 Å². The van der Waals surface area contributed by atoms with Gasteiger partial charge < -0.3 is 25.5 Å². The van der Waals surface area contributed by atoms with Gasteiger partial charge in [-0.2, -0.15) is 8.42 Å². The standard InChI is InChI=1S/C27H48O9S/c1-15(4-7-22(30)16(13-28)14-36-37(33,34)35)19-5-6-20-25-21(12-24(32)27(19,20)3)26(2)9-8-18(29)10-17(26)11-23(25)31/h15-25,28-32H,4-14H2,1-3H3,(H,33,34,35)/t15-,16?,17+,18-,19-,20+,21+,22-,23-,24+,25+,26+,27-/m1/s1. The Morgan fingerprint density at radius 1 is 1.00 bits per heavy atom. The van der Waals surface area contributed by atoms with Crippen molar-refractivity contribution in [2.45, 2.75) is 103 Å². The number of hydrogen-bond acceptors (Lipinski definition) is 8. The molecule has 0 saturated heterocycles. The minimum absolute atomic E-state index is 0.0304. The molecule has 6 N–H and O–H groups in total. The summed E-state index contributed by atoms with van der Waals surface area (Å²) in [7, 11) is -4.65. The van der Waals surface area contributed by atoms with Gasteiger partial charge in [0.2, 0.25) is 0 Å². The third kappa shape index (κ3) is 5.51. The van der Waals surface area contributed by atoms with E-state index in [2.05, 4.69) is 25.0 Å². The number of rotatable bonds is 9. The maximum Gasteiger partial charge on any atom is 0.397 e. The van der Waals surface area contributed by atoms with E-state index in [-0.39, 0.29) is 52.4 Å². The molecule has 10 heteroatoms. The van der Waals surface area contributed by atoms with Gasteiger partial charge in [0.25, 0.3) is 0 Å². The fraction of sp³-hybridized carbons (Fsp3) is 1.00. The van der Waals surface area contributed by atoms with Crippen LogP contribution in [-0.4, -0.2) is 76.1 Å². The lowest BCUT2D eigenvalue weighted by Gasteiger charge is -2.63. The van der Waals surface area contributed by atoms with Crippen LogP contribution in [0, 0.1) is 52.3 Å². The van der Waals surface area contributed by atoms with Crippen LogP contribution in [0.1, 0.15) is 78.6 Å². The van der Waals surface area contributed by atoms with E-state index >= 15 is 0 Å². The summed E-state index contributed by atoms with van der Waals surface area (Å²) in [5, 5.41) is 53.5. The Kier molecular flexibility index (Phi) is 8.75. The molecule has 4 fully saturated rings. The lowest BCUT2D eigenvalue weighted by Crippen LogP contribution is -2.62. The molecule has 0 spiro atoms. The van der Waals surface area contributed by atoms with Gasteiger partial charge in [-0.05, 0) is 104 Å². The van der Waals surface area contributed by atoms with Crippen molar-refractivity contribution in [2.75, 3.05) is 13.2 Å². The molecule has 37 heavy (non-hydrogen) atoms. The molecule has 4 rings (SSSR count). The molecule has 0 amide bonds. The Morgan fingerprint density at radius 2 is 1.70 bits per heavy atom. The number of hydrogen-bond donors (Lipinski definition) is 6. The third-order valence-corrected chi connectivity index (χ3v) is 12.1. The van der Waals surface area contributed by atoms with Crippen LogP contribution < -0.4 is 0 Å². The van der Waals surface area contributed by atoms with Crippen molar-refractivity contribution < 1.29 is 42.7 Å². The molecule has 0 bridgehead atoms. The normalized spacial score (nSPS) is 46.4. The summed E-state index contributed by atoms with van der Waals surface area (Å²) in [6, 6.07) is 0. The van der Waals surface area contributed by atoms with Crippen LogP contribution in [0.3, 0.4) is 0 Å². The molecule has 0 aromatic rings. The van der Waals surface area contributed by atoms with E-state index in [0.717, 1.165) is 38.5 Å². The van der Waals surface area contributed by atoms with E-state index in [1.807, 2.05) is 0 Å². The van der Waals surface area contributed by atoms with E-state index in [1.54, 1.807) is 0 Å². The van der Waals surface area contributed by atoms with Crippen LogP contribution >= 0.6 is 0 Å². The summed E-state index contributed by atoms with van der Waals surface area (Å²) in [4.78, 5) is 0. The van der Waals surface area contributed by atoms with E-state index in [1.165, 1.54) is 0 Å². The molecule has 4 aliphatic carbocycles. The molecule has 0 radical (unpaired) electrons. The van der Waals surface area contributed by atoms with E-state index in [4.69, 9.17) is 4.55 Å². The van der Waals surface area contributed by atoms with E-state index in [0.29, 0.717) is 19.3 Å². The van der Waals surface area contributed by atoms with Gasteiger partial charge in [0.05, 0.1) is 37.6 Å². The SMILES string of the molecule is C[C@H](CC[C@@H](O)C(CO)COS(=O)(=O)O)[C@H]1CC[C@H]2[C@@H]3[C@H](O)C[C@@H]4C[C@H](O)CC[C@]4(C)[C@H]3C[C@H](O)[C@]12C. The Labute approximate surface area is 221 Å². The fourth-order valence-corrected chi connectivity index (χ4v) is 9.81. The summed E-state index contributed by atoms with van der Waals surface area (Å²) in [5.41, 5.74) is -0.309. The quantitative estimate of drug-likeness (QED) is 0.237. The van der Waals surface area contributed by atoms with Crippen molar-refractivity contribution in [3.8, 4) is 0 Å². The molecule has 9 nitrogen and oxygen atoms in total. The highest BCUT2D eigenvalue weighted by atomic mass is 32.3. The van der Waals surface area contributed by atoms with Crippen molar-refractivity contribution >= 4 is 10.4 Å². The summed E-state index contributed by atoms with van der Waals surface area (Å²) in [6.45, 7) is 5.67. The Balaban J connectivity index is 1.45. The molecule has 0 heterocycles. The van der Waals surface area contributed by atoms with Crippen LogP contribution in [0.5, 0.6) is 0 Å². The second-order valence-corrected chi connectivity index (χ2v) is 14.4. The molecule has 0 aromatic heterocycles. The van der Waals surface area contributed by atoms with Crippen LogP contribution in [0.2, 0.25) is 0 Å². The van der Waals surface area contributed by atoms with Gasteiger partial charge >= 0.3 is 10.4 Å². The first-order valence-corrected chi connectivity index (χ1v) is 15.5. The largest absolute Gasteiger partial charge is 0.397 e. The van der Waals surface area contributed by atoms with E-state index < -0.39 is 47.8 Å². The highest BCUT2D eigenvalue weighted by molar-refractivity contribution is 7.80. The summed E-state index contributed by atoms with van der Waals surface area (Å²) >= 11 is 0. The smallest absolute Gasteiger partial charge is 0.396 e. The topological polar surface area (TPSA) is 165 Å². The summed E-state index contributed by atoms with van der Waals surface area (Å²) in [5.74, 6) is 0.439. The zero-order valence-corrected chi connectivity index (χ0v) is 23.3. The first kappa shape index (κ1) is 29.6. The van der Waals surface area contributed by atoms with Gasteiger partial charge in [-0.25, -0.2) is 4.18 Å². The molecular formula is C27H48O9S. The zero-order chi connectivity index (χ0) is 27.3. The Hall–Kier alpha value is -0.330. The average molecular weight is 549 g/mol. The van der Waals surface area contributed by atoms with Crippen LogP contribution in [0.4, 0.5) is 0 Å². The van der Waals surface area contributed by atoms with Gasteiger partial charge in [-0.3, -0.25) is 4.55 Å². The highest BCUT2D eigenvalue weighted by Crippen LogP contribution is 2.68. The van der Waals surface area contributed by atoms with Crippen LogP contribution in [0.25, 0.3) is 0 Å². The molecule has 0 aliphatic heterocycles. The average Bonchev–Trinajstić information content (AvgIpc) is 3.17. The minimum atomic E-state index is -4.65. The Morgan fingerprint density at radius 3 is 2.35 bits per heavy atom. The monoisotopic (exact) mass is 548 g/mol. The van der Waals surface area contributed by atoms with E-state index in [9.17, 15) is 34.0 Å². The second-order valence-electron chi connectivity index (χ2n) is 13.3. The maximum atomic E-state index is 11.7. The number of aliphatic hydroxyl groups is 5. The van der Waals surface area contributed by atoms with Crippen molar-refractivity contribution in [3.05, 3.63) is 0 Å². The van der Waals surface area contributed by atoms with Crippen molar-refractivity contribution in [1.82, 2.24) is 0 Å². The van der Waals surface area contributed by atoms with Gasteiger partial charge in [0.15, 0.2) is 0 Å².